The molecule has 27 heavy (non-hydrogen) atoms. The van der Waals surface area contributed by atoms with Crippen LogP contribution < -0.4 is 15.4 Å². The number of hydrogen-bond acceptors (Lipinski definition) is 4. The number of methoxy groups -OCH3 is 1. The highest BCUT2D eigenvalue weighted by Gasteiger charge is 2.31. The zero-order chi connectivity index (χ0) is 20.1. The fourth-order valence-electron chi connectivity index (χ4n) is 2.32. The number of alkyl halides is 3. The molecule has 2 N–H and O–H groups in total. The Morgan fingerprint density at radius 3 is 2.59 bits per heavy atom. The van der Waals surface area contributed by atoms with E-state index in [-0.39, 0.29) is 12.3 Å². The molecule has 1 aromatic rings. The molecule has 0 aliphatic heterocycles. The van der Waals surface area contributed by atoms with E-state index in [0.29, 0.717) is 24.6 Å². The van der Waals surface area contributed by atoms with Crippen LogP contribution in [0.1, 0.15) is 18.9 Å². The van der Waals surface area contributed by atoms with Crippen LogP contribution in [0.25, 0.3) is 0 Å². The normalized spacial score (nSPS) is 12.3. The Morgan fingerprint density at radius 2 is 1.93 bits per heavy atom. The van der Waals surface area contributed by atoms with Crippen molar-refractivity contribution in [1.82, 2.24) is 15.5 Å². The van der Waals surface area contributed by atoms with Crippen molar-refractivity contribution in [2.45, 2.75) is 26.3 Å². The summed E-state index contributed by atoms with van der Waals surface area (Å²) >= 11 is 0. The monoisotopic (exact) mass is 390 g/mol. The van der Waals surface area contributed by atoms with E-state index >= 15 is 0 Å². The maximum Gasteiger partial charge on any atom is 0.573 e. The van der Waals surface area contributed by atoms with Crippen molar-refractivity contribution in [3.8, 4) is 5.75 Å². The summed E-state index contributed by atoms with van der Waals surface area (Å²) in [6.45, 7) is 5.76. The number of guanidine groups is 1. The number of nitrogens with one attached hydrogen (secondary N) is 2. The molecule has 1 aromatic carbocycles. The predicted molar refractivity (Wildman–Crippen MR) is 99.9 cm³/mol. The van der Waals surface area contributed by atoms with Crippen molar-refractivity contribution < 1.29 is 22.6 Å². The molecule has 0 amide bonds. The van der Waals surface area contributed by atoms with E-state index in [1.54, 1.807) is 19.2 Å². The van der Waals surface area contributed by atoms with Crippen LogP contribution >= 0.6 is 0 Å². The average molecular weight is 390 g/mol. The van der Waals surface area contributed by atoms with Crippen molar-refractivity contribution in [3.05, 3.63) is 29.8 Å². The lowest BCUT2D eigenvalue weighted by Gasteiger charge is -2.18. The zero-order valence-electron chi connectivity index (χ0n) is 16.1. The molecule has 6 nitrogen and oxygen atoms in total. The van der Waals surface area contributed by atoms with Crippen LogP contribution in [0.2, 0.25) is 0 Å². The molecule has 0 bridgehead atoms. The van der Waals surface area contributed by atoms with E-state index in [0.717, 1.165) is 26.1 Å². The van der Waals surface area contributed by atoms with Crippen LogP contribution in [0.3, 0.4) is 0 Å². The van der Waals surface area contributed by atoms with Gasteiger partial charge < -0.3 is 25.0 Å². The lowest BCUT2D eigenvalue weighted by molar-refractivity contribution is -0.274. The number of benzene rings is 1. The molecule has 0 saturated carbocycles. The van der Waals surface area contributed by atoms with E-state index in [2.05, 4.69) is 25.3 Å². The van der Waals surface area contributed by atoms with Gasteiger partial charge in [-0.15, -0.1) is 13.2 Å². The van der Waals surface area contributed by atoms with Gasteiger partial charge in [-0.2, -0.15) is 0 Å². The Kier molecular flexibility index (Phi) is 10.6. The molecular formula is C18H29F3N4O2. The number of aliphatic imine (C=N–C) groups is 1. The quantitative estimate of drug-likeness (QED) is 0.346. The summed E-state index contributed by atoms with van der Waals surface area (Å²) in [7, 11) is 3.70. The molecule has 9 heteroatoms. The van der Waals surface area contributed by atoms with Crippen LogP contribution in [-0.2, 0) is 11.3 Å². The average Bonchev–Trinajstić information content (AvgIpc) is 2.59. The Bertz CT molecular complexity index is 568. The standard InChI is InChI=1S/C18H29F3N4O2/c1-4-22-17(23-10-12-25(2)11-7-13-26-3)24-14-15-8-5-6-9-16(15)27-18(19,20)21/h5-6,8-9H,4,7,10-14H2,1-3H3,(H2,22,23,24). The number of para-hydroxylation sites is 1. The molecule has 0 fully saturated rings. The van der Waals surface area contributed by atoms with Gasteiger partial charge in [0.15, 0.2) is 5.96 Å². The zero-order valence-corrected chi connectivity index (χ0v) is 16.1. The minimum absolute atomic E-state index is 0.0747. The fraction of sp³-hybridized carbons (Fsp3) is 0.611. The first kappa shape index (κ1) is 23.0. The maximum atomic E-state index is 12.5. The summed E-state index contributed by atoms with van der Waals surface area (Å²) in [5, 5.41) is 6.27. The molecule has 0 heterocycles. The summed E-state index contributed by atoms with van der Waals surface area (Å²) in [5.74, 6) is 0.312. The third-order valence-electron chi connectivity index (χ3n) is 3.62. The first-order chi connectivity index (χ1) is 12.9. The molecule has 0 aliphatic rings. The Morgan fingerprint density at radius 1 is 1.19 bits per heavy atom. The van der Waals surface area contributed by atoms with E-state index in [4.69, 9.17) is 4.74 Å². The van der Waals surface area contributed by atoms with Crippen molar-refractivity contribution in [2.24, 2.45) is 4.99 Å². The van der Waals surface area contributed by atoms with Crippen molar-refractivity contribution in [2.75, 3.05) is 46.9 Å². The lowest BCUT2D eigenvalue weighted by atomic mass is 10.2. The highest BCUT2D eigenvalue weighted by atomic mass is 19.4. The van der Waals surface area contributed by atoms with Crippen LogP contribution in [0.5, 0.6) is 5.75 Å². The van der Waals surface area contributed by atoms with Gasteiger partial charge in [0.1, 0.15) is 5.75 Å². The van der Waals surface area contributed by atoms with E-state index in [1.807, 2.05) is 14.0 Å². The molecule has 1 rings (SSSR count). The molecule has 0 unspecified atom stereocenters. The van der Waals surface area contributed by atoms with Gasteiger partial charge in [-0.25, -0.2) is 4.99 Å². The second-order valence-electron chi connectivity index (χ2n) is 5.93. The van der Waals surface area contributed by atoms with Gasteiger partial charge in [0.2, 0.25) is 0 Å². The van der Waals surface area contributed by atoms with Crippen LogP contribution in [0.15, 0.2) is 29.3 Å². The number of ether oxygens (including phenoxy) is 2. The molecule has 0 spiro atoms. The van der Waals surface area contributed by atoms with Gasteiger partial charge in [0.25, 0.3) is 0 Å². The van der Waals surface area contributed by atoms with Gasteiger partial charge in [-0.1, -0.05) is 18.2 Å². The van der Waals surface area contributed by atoms with Gasteiger partial charge in [-0.3, -0.25) is 0 Å². The van der Waals surface area contributed by atoms with E-state index in [9.17, 15) is 13.2 Å². The third-order valence-corrected chi connectivity index (χ3v) is 3.62. The van der Waals surface area contributed by atoms with Crippen molar-refractivity contribution in [3.63, 3.8) is 0 Å². The van der Waals surface area contributed by atoms with Crippen LogP contribution in [-0.4, -0.2) is 64.2 Å². The van der Waals surface area contributed by atoms with Crippen LogP contribution in [0.4, 0.5) is 13.2 Å². The van der Waals surface area contributed by atoms with E-state index < -0.39 is 6.36 Å². The first-order valence-corrected chi connectivity index (χ1v) is 8.89. The predicted octanol–water partition coefficient (Wildman–Crippen LogP) is 2.61. The highest BCUT2D eigenvalue weighted by molar-refractivity contribution is 5.79. The molecule has 0 radical (unpaired) electrons. The Balaban J connectivity index is 2.59. The second-order valence-corrected chi connectivity index (χ2v) is 5.93. The van der Waals surface area contributed by atoms with Gasteiger partial charge >= 0.3 is 6.36 Å². The van der Waals surface area contributed by atoms with Crippen molar-refractivity contribution >= 4 is 5.96 Å². The number of likely N-dealkylation sites (N-methyl/N-ethyl adjacent to an activating group) is 1. The molecule has 0 aromatic heterocycles. The topological polar surface area (TPSA) is 58.1 Å². The second kappa shape index (κ2) is 12.4. The molecule has 0 aliphatic carbocycles. The SMILES string of the molecule is CCNC(=NCc1ccccc1OC(F)(F)F)NCCN(C)CCCOC. The largest absolute Gasteiger partial charge is 0.573 e. The molecular weight excluding hydrogens is 361 g/mol. The maximum absolute atomic E-state index is 12.5. The lowest BCUT2D eigenvalue weighted by Crippen LogP contribution is -2.41. The van der Waals surface area contributed by atoms with Gasteiger partial charge in [-0.05, 0) is 26.5 Å². The fourth-order valence-corrected chi connectivity index (χ4v) is 2.32. The summed E-state index contributed by atoms with van der Waals surface area (Å²) in [4.78, 5) is 6.52. The molecule has 154 valence electrons. The number of hydrogen-bond donors (Lipinski definition) is 2. The summed E-state index contributed by atoms with van der Waals surface area (Å²) < 4.78 is 46.6. The number of halogens is 3. The van der Waals surface area contributed by atoms with Crippen molar-refractivity contribution in [1.29, 1.82) is 0 Å². The number of rotatable bonds is 11. The molecule has 0 saturated heterocycles. The third kappa shape index (κ3) is 10.7. The smallest absolute Gasteiger partial charge is 0.405 e. The Labute approximate surface area is 158 Å². The Hall–Kier alpha value is -2.00. The first-order valence-electron chi connectivity index (χ1n) is 8.89. The number of nitrogens with zero attached hydrogens (tertiary/aromatic N) is 2. The summed E-state index contributed by atoms with van der Waals surface area (Å²) in [6.07, 6.45) is -3.77. The van der Waals surface area contributed by atoms with E-state index in [1.165, 1.54) is 12.1 Å². The van der Waals surface area contributed by atoms with Gasteiger partial charge in [0, 0.05) is 45.5 Å². The minimum atomic E-state index is -4.73. The summed E-state index contributed by atoms with van der Waals surface area (Å²) in [5.41, 5.74) is 0.365. The van der Waals surface area contributed by atoms with Gasteiger partial charge in [0.05, 0.1) is 6.54 Å². The molecule has 0 atom stereocenters. The summed E-state index contributed by atoms with van der Waals surface area (Å²) in [6, 6.07) is 6.01. The highest BCUT2D eigenvalue weighted by Crippen LogP contribution is 2.26. The minimum Gasteiger partial charge on any atom is -0.405 e. The van der Waals surface area contributed by atoms with Crippen LogP contribution in [0, 0.1) is 0 Å².